The molecule has 0 saturated heterocycles. The minimum atomic E-state index is 0.0880. The first-order valence-corrected chi connectivity index (χ1v) is 9.66. The van der Waals surface area contributed by atoms with Crippen molar-refractivity contribution in [1.82, 2.24) is 5.32 Å². The summed E-state index contributed by atoms with van der Waals surface area (Å²) in [6.45, 7) is 13.0. The van der Waals surface area contributed by atoms with Gasteiger partial charge in [-0.2, -0.15) is 0 Å². The Labute approximate surface area is 159 Å². The second-order valence-electron chi connectivity index (χ2n) is 8.32. The molecule has 0 aliphatic carbocycles. The molecule has 0 aliphatic heterocycles. The van der Waals surface area contributed by atoms with Crippen molar-refractivity contribution in [3.8, 4) is 0 Å². The van der Waals surface area contributed by atoms with Gasteiger partial charge >= 0.3 is 0 Å². The van der Waals surface area contributed by atoms with Crippen LogP contribution in [0.5, 0.6) is 0 Å². The molecule has 140 valence electrons. The van der Waals surface area contributed by atoms with Gasteiger partial charge in [-0.05, 0) is 59.9 Å². The van der Waals surface area contributed by atoms with Crippen molar-refractivity contribution in [2.45, 2.75) is 72.3 Å². The molecule has 0 aromatic heterocycles. The van der Waals surface area contributed by atoms with E-state index >= 15 is 0 Å². The van der Waals surface area contributed by atoms with Gasteiger partial charge in [-0.1, -0.05) is 70.2 Å². The fraction of sp³-hybridized carbons (Fsp3) is 0.458. The molecule has 1 atom stereocenters. The highest BCUT2D eigenvalue weighted by Gasteiger charge is 2.15. The summed E-state index contributed by atoms with van der Waals surface area (Å²) in [4.78, 5) is 12.4. The maximum Gasteiger partial charge on any atom is 0.220 e. The van der Waals surface area contributed by atoms with Crippen LogP contribution in [0.2, 0.25) is 0 Å². The van der Waals surface area contributed by atoms with Gasteiger partial charge in [0.2, 0.25) is 5.91 Å². The fourth-order valence-electron chi connectivity index (χ4n) is 3.10. The monoisotopic (exact) mass is 351 g/mol. The smallest absolute Gasteiger partial charge is 0.220 e. The summed E-state index contributed by atoms with van der Waals surface area (Å²) < 4.78 is 0. The van der Waals surface area contributed by atoms with E-state index in [1.807, 2.05) is 0 Å². The Morgan fingerprint density at radius 2 is 1.65 bits per heavy atom. The van der Waals surface area contributed by atoms with Gasteiger partial charge in [0, 0.05) is 6.42 Å². The minimum absolute atomic E-state index is 0.0880. The Balaban J connectivity index is 1.93. The second kappa shape index (κ2) is 8.53. The summed E-state index contributed by atoms with van der Waals surface area (Å²) in [6.07, 6.45) is 2.20. The van der Waals surface area contributed by atoms with Crippen LogP contribution in [-0.2, 0) is 16.6 Å². The molecule has 0 bridgehead atoms. The molecule has 0 saturated carbocycles. The van der Waals surface area contributed by atoms with Gasteiger partial charge in [-0.25, -0.2) is 0 Å². The van der Waals surface area contributed by atoms with Gasteiger partial charge in [0.1, 0.15) is 0 Å². The highest BCUT2D eigenvalue weighted by Crippen LogP contribution is 2.23. The average Bonchev–Trinajstić information content (AvgIpc) is 2.60. The predicted octanol–water partition coefficient (Wildman–Crippen LogP) is 5.80. The summed E-state index contributed by atoms with van der Waals surface area (Å²) in [7, 11) is 0. The molecule has 2 nitrogen and oxygen atoms in total. The van der Waals surface area contributed by atoms with Gasteiger partial charge in [0.05, 0.1) is 6.04 Å². The molecule has 2 aromatic rings. The van der Waals surface area contributed by atoms with Gasteiger partial charge in [-0.15, -0.1) is 0 Å². The molecule has 2 heteroatoms. The highest BCUT2D eigenvalue weighted by atomic mass is 16.1. The zero-order valence-electron chi connectivity index (χ0n) is 17.1. The molecule has 2 rings (SSSR count). The second-order valence-corrected chi connectivity index (χ2v) is 8.32. The zero-order valence-corrected chi connectivity index (χ0v) is 17.1. The molecule has 0 heterocycles. The number of carbonyl (C=O) groups is 1. The van der Waals surface area contributed by atoms with Gasteiger partial charge < -0.3 is 5.32 Å². The lowest BCUT2D eigenvalue weighted by Gasteiger charge is -2.20. The molecule has 0 fully saturated rings. The first kappa shape index (κ1) is 20.2. The maximum atomic E-state index is 12.4. The van der Waals surface area contributed by atoms with Crippen molar-refractivity contribution < 1.29 is 4.79 Å². The summed E-state index contributed by atoms with van der Waals surface area (Å²) >= 11 is 0. The first-order chi connectivity index (χ1) is 12.2. The number of hydrogen-bond donors (Lipinski definition) is 1. The van der Waals surface area contributed by atoms with Crippen LogP contribution in [0.3, 0.4) is 0 Å². The summed E-state index contributed by atoms with van der Waals surface area (Å²) in [5, 5.41) is 3.20. The van der Waals surface area contributed by atoms with Crippen LogP contribution >= 0.6 is 0 Å². The largest absolute Gasteiger partial charge is 0.349 e. The fourth-order valence-corrected chi connectivity index (χ4v) is 3.10. The highest BCUT2D eigenvalue weighted by molar-refractivity contribution is 5.76. The number of rotatable bonds is 6. The predicted molar refractivity (Wildman–Crippen MR) is 111 cm³/mol. The van der Waals surface area contributed by atoms with Crippen LogP contribution in [0, 0.1) is 13.8 Å². The molecular weight excluding hydrogens is 318 g/mol. The third-order valence-corrected chi connectivity index (χ3v) is 5.14. The SMILES string of the molecule is CC[C@@H](NC(=O)CCc1ccc(C(C)(C)C)cc1)c1ccc(C)c(C)c1. The van der Waals surface area contributed by atoms with Crippen molar-refractivity contribution in [3.63, 3.8) is 0 Å². The molecule has 2 aromatic carbocycles. The lowest BCUT2D eigenvalue weighted by Crippen LogP contribution is -2.28. The van der Waals surface area contributed by atoms with Gasteiger partial charge in [0.15, 0.2) is 0 Å². The van der Waals surface area contributed by atoms with E-state index in [4.69, 9.17) is 0 Å². The Morgan fingerprint density at radius 1 is 1.00 bits per heavy atom. The lowest BCUT2D eigenvalue weighted by molar-refractivity contribution is -0.121. The Bertz CT molecular complexity index is 738. The molecule has 26 heavy (non-hydrogen) atoms. The first-order valence-electron chi connectivity index (χ1n) is 9.66. The van der Waals surface area contributed by atoms with Crippen molar-refractivity contribution in [3.05, 3.63) is 70.3 Å². The van der Waals surface area contributed by atoms with Gasteiger partial charge in [0.25, 0.3) is 0 Å². The third-order valence-electron chi connectivity index (χ3n) is 5.14. The van der Waals surface area contributed by atoms with E-state index < -0.39 is 0 Å². The number of nitrogens with one attached hydrogen (secondary N) is 1. The number of hydrogen-bond acceptors (Lipinski definition) is 1. The Kier molecular flexibility index (Phi) is 6.63. The summed E-state index contributed by atoms with van der Waals surface area (Å²) in [5.41, 5.74) is 6.45. The minimum Gasteiger partial charge on any atom is -0.349 e. The summed E-state index contributed by atoms with van der Waals surface area (Å²) in [6, 6.07) is 15.2. The van der Waals surface area contributed by atoms with Crippen LogP contribution in [-0.4, -0.2) is 5.91 Å². The van der Waals surface area contributed by atoms with Gasteiger partial charge in [-0.3, -0.25) is 4.79 Å². The maximum absolute atomic E-state index is 12.4. The molecule has 0 spiro atoms. The topological polar surface area (TPSA) is 29.1 Å². The van der Waals surface area contributed by atoms with Crippen LogP contribution in [0.4, 0.5) is 0 Å². The number of benzene rings is 2. The van der Waals surface area contributed by atoms with E-state index in [-0.39, 0.29) is 17.4 Å². The third kappa shape index (κ3) is 5.45. The van der Waals surface area contributed by atoms with Crippen LogP contribution in [0.15, 0.2) is 42.5 Å². The molecular formula is C24H33NO. The van der Waals surface area contributed by atoms with Crippen LogP contribution in [0.1, 0.15) is 74.4 Å². The standard InChI is InChI=1S/C24H33NO/c1-7-22(20-12-8-17(2)18(3)16-20)25-23(26)15-11-19-9-13-21(14-10-19)24(4,5)6/h8-10,12-14,16,22H,7,11,15H2,1-6H3,(H,25,26)/t22-/m1/s1. The van der Waals surface area contributed by atoms with Crippen LogP contribution in [0.25, 0.3) is 0 Å². The Morgan fingerprint density at radius 3 is 2.19 bits per heavy atom. The average molecular weight is 352 g/mol. The van der Waals surface area contributed by atoms with Crippen molar-refractivity contribution >= 4 is 5.91 Å². The molecule has 1 N–H and O–H groups in total. The van der Waals surface area contributed by atoms with Crippen LogP contribution < -0.4 is 5.32 Å². The van der Waals surface area contributed by atoms with E-state index in [0.29, 0.717) is 6.42 Å². The quantitative estimate of drug-likeness (QED) is 0.700. The number of aryl methyl sites for hydroxylation is 3. The summed E-state index contributed by atoms with van der Waals surface area (Å²) in [5.74, 6) is 0.120. The van der Waals surface area contributed by atoms with Crippen molar-refractivity contribution in [2.24, 2.45) is 0 Å². The van der Waals surface area contributed by atoms with E-state index in [1.165, 1.54) is 27.8 Å². The lowest BCUT2D eigenvalue weighted by atomic mass is 9.86. The zero-order chi connectivity index (χ0) is 19.3. The van der Waals surface area contributed by atoms with E-state index in [9.17, 15) is 4.79 Å². The normalized spacial score (nSPS) is 12.7. The van der Waals surface area contributed by atoms with E-state index in [1.54, 1.807) is 0 Å². The molecule has 1 amide bonds. The molecule has 0 aliphatic rings. The van der Waals surface area contributed by atoms with E-state index in [2.05, 4.69) is 89.3 Å². The molecule has 0 unspecified atom stereocenters. The number of carbonyl (C=O) groups excluding carboxylic acids is 1. The number of amides is 1. The van der Waals surface area contributed by atoms with E-state index in [0.717, 1.165) is 12.8 Å². The molecule has 0 radical (unpaired) electrons. The van der Waals surface area contributed by atoms with Crippen molar-refractivity contribution in [1.29, 1.82) is 0 Å². The Hall–Kier alpha value is -2.09. The van der Waals surface area contributed by atoms with Crippen molar-refractivity contribution in [2.75, 3.05) is 0 Å².